The van der Waals surface area contributed by atoms with Gasteiger partial charge in [0.25, 0.3) is 5.91 Å². The molecule has 1 atom stereocenters. The van der Waals surface area contributed by atoms with E-state index in [9.17, 15) is 4.79 Å². The van der Waals surface area contributed by atoms with Crippen molar-refractivity contribution < 1.29 is 14.3 Å². The summed E-state index contributed by atoms with van der Waals surface area (Å²) in [4.78, 5) is 17.2. The molecule has 1 unspecified atom stereocenters. The lowest BCUT2D eigenvalue weighted by Crippen LogP contribution is -2.45. The Morgan fingerprint density at radius 2 is 2.56 bits per heavy atom. The molecule has 1 aromatic rings. The second-order valence-electron chi connectivity index (χ2n) is 3.73. The standard InChI is InChI=1S/C10H14N2O3S/c1-7-5-11-9(16-7)12-8(13)10(14-2)3-4-15-6-10/h5H,3-4,6H2,1-2H3,(H,11,12,13). The van der Waals surface area contributed by atoms with E-state index in [1.807, 2.05) is 6.92 Å². The lowest BCUT2D eigenvalue weighted by molar-refractivity contribution is -0.137. The van der Waals surface area contributed by atoms with Gasteiger partial charge in [0.2, 0.25) is 0 Å². The molecule has 0 aromatic carbocycles. The Hall–Kier alpha value is -0.980. The van der Waals surface area contributed by atoms with Gasteiger partial charge in [0.1, 0.15) is 0 Å². The van der Waals surface area contributed by atoms with Gasteiger partial charge in [0.05, 0.1) is 13.2 Å². The normalized spacial score (nSPS) is 24.6. The minimum absolute atomic E-state index is 0.179. The first-order chi connectivity index (χ1) is 7.66. The molecule has 88 valence electrons. The molecular formula is C10H14N2O3S. The Morgan fingerprint density at radius 1 is 1.75 bits per heavy atom. The average molecular weight is 242 g/mol. The van der Waals surface area contributed by atoms with Crippen LogP contribution < -0.4 is 5.32 Å². The molecule has 0 saturated carbocycles. The number of anilines is 1. The van der Waals surface area contributed by atoms with Gasteiger partial charge in [0.15, 0.2) is 10.7 Å². The molecule has 1 aliphatic heterocycles. The summed E-state index contributed by atoms with van der Waals surface area (Å²) in [5.74, 6) is -0.179. The molecule has 1 amide bonds. The number of methoxy groups -OCH3 is 1. The summed E-state index contributed by atoms with van der Waals surface area (Å²) in [5.41, 5.74) is -0.848. The SMILES string of the molecule is COC1(C(=O)Nc2ncc(C)s2)CCOC1. The highest BCUT2D eigenvalue weighted by Gasteiger charge is 2.42. The Morgan fingerprint density at radius 3 is 3.06 bits per heavy atom. The van der Waals surface area contributed by atoms with Crippen LogP contribution in [0, 0.1) is 6.92 Å². The molecule has 1 aromatic heterocycles. The molecule has 2 rings (SSSR count). The maximum atomic E-state index is 12.0. The van der Waals surface area contributed by atoms with Crippen LogP contribution in [0.3, 0.4) is 0 Å². The molecule has 0 aliphatic carbocycles. The van der Waals surface area contributed by atoms with Crippen LogP contribution in [0.15, 0.2) is 6.20 Å². The summed E-state index contributed by atoms with van der Waals surface area (Å²) < 4.78 is 10.5. The highest BCUT2D eigenvalue weighted by atomic mass is 32.1. The van der Waals surface area contributed by atoms with Crippen molar-refractivity contribution in [1.29, 1.82) is 0 Å². The minimum Gasteiger partial charge on any atom is -0.378 e. The van der Waals surface area contributed by atoms with E-state index in [2.05, 4.69) is 10.3 Å². The predicted octanol–water partition coefficient (Wildman–Crippen LogP) is 1.20. The summed E-state index contributed by atoms with van der Waals surface area (Å²) in [6, 6.07) is 0. The molecule has 0 bridgehead atoms. The van der Waals surface area contributed by atoms with E-state index >= 15 is 0 Å². The topological polar surface area (TPSA) is 60.5 Å². The van der Waals surface area contributed by atoms with Crippen molar-refractivity contribution in [2.75, 3.05) is 25.6 Å². The molecular weight excluding hydrogens is 228 g/mol. The number of carbonyl (C=O) groups is 1. The molecule has 5 nitrogen and oxygen atoms in total. The van der Waals surface area contributed by atoms with E-state index in [4.69, 9.17) is 9.47 Å². The number of amides is 1. The fourth-order valence-corrected chi connectivity index (χ4v) is 2.26. The molecule has 0 spiro atoms. The van der Waals surface area contributed by atoms with E-state index in [1.165, 1.54) is 18.4 Å². The molecule has 1 N–H and O–H groups in total. The third-order valence-electron chi connectivity index (χ3n) is 2.63. The summed E-state index contributed by atoms with van der Waals surface area (Å²) in [6.07, 6.45) is 2.31. The van der Waals surface area contributed by atoms with Crippen LogP contribution in [0.5, 0.6) is 0 Å². The fraction of sp³-hybridized carbons (Fsp3) is 0.600. The van der Waals surface area contributed by atoms with Gasteiger partial charge in [0, 0.05) is 24.6 Å². The number of hydrogen-bond donors (Lipinski definition) is 1. The molecule has 6 heteroatoms. The van der Waals surface area contributed by atoms with Crippen molar-refractivity contribution in [2.24, 2.45) is 0 Å². The zero-order chi connectivity index (χ0) is 11.6. The van der Waals surface area contributed by atoms with Crippen LogP contribution >= 0.6 is 11.3 Å². The average Bonchev–Trinajstić information content (AvgIpc) is 2.88. The van der Waals surface area contributed by atoms with Gasteiger partial charge in [-0.3, -0.25) is 10.1 Å². The van der Waals surface area contributed by atoms with E-state index in [1.54, 1.807) is 6.20 Å². The molecule has 1 fully saturated rings. The van der Waals surface area contributed by atoms with Gasteiger partial charge in [-0.05, 0) is 6.92 Å². The van der Waals surface area contributed by atoms with Gasteiger partial charge in [-0.2, -0.15) is 0 Å². The number of rotatable bonds is 3. The summed E-state index contributed by atoms with van der Waals surface area (Å²) >= 11 is 1.44. The maximum absolute atomic E-state index is 12.0. The molecule has 2 heterocycles. The lowest BCUT2D eigenvalue weighted by atomic mass is 10.0. The number of nitrogens with zero attached hydrogens (tertiary/aromatic N) is 1. The quantitative estimate of drug-likeness (QED) is 0.865. The van der Waals surface area contributed by atoms with Crippen LogP contribution in [-0.2, 0) is 14.3 Å². The van der Waals surface area contributed by atoms with Gasteiger partial charge in [-0.1, -0.05) is 0 Å². The second-order valence-corrected chi connectivity index (χ2v) is 4.97. The van der Waals surface area contributed by atoms with Gasteiger partial charge in [-0.15, -0.1) is 11.3 Å². The van der Waals surface area contributed by atoms with Crippen LogP contribution in [-0.4, -0.2) is 36.8 Å². The van der Waals surface area contributed by atoms with Crippen LogP contribution in [0.2, 0.25) is 0 Å². The van der Waals surface area contributed by atoms with Crippen molar-refractivity contribution in [3.8, 4) is 0 Å². The van der Waals surface area contributed by atoms with E-state index in [-0.39, 0.29) is 5.91 Å². The molecule has 16 heavy (non-hydrogen) atoms. The highest BCUT2D eigenvalue weighted by Crippen LogP contribution is 2.25. The van der Waals surface area contributed by atoms with Crippen LogP contribution in [0.25, 0.3) is 0 Å². The predicted molar refractivity (Wildman–Crippen MR) is 60.7 cm³/mol. The van der Waals surface area contributed by atoms with E-state index < -0.39 is 5.60 Å². The Balaban J connectivity index is 2.07. The third-order valence-corrected chi connectivity index (χ3v) is 3.46. The van der Waals surface area contributed by atoms with Crippen LogP contribution in [0.1, 0.15) is 11.3 Å². The van der Waals surface area contributed by atoms with Crippen molar-refractivity contribution in [1.82, 2.24) is 4.98 Å². The number of hydrogen-bond acceptors (Lipinski definition) is 5. The first-order valence-corrected chi connectivity index (χ1v) is 5.85. The third kappa shape index (κ3) is 2.09. The van der Waals surface area contributed by atoms with Crippen molar-refractivity contribution >= 4 is 22.4 Å². The van der Waals surface area contributed by atoms with E-state index in [0.717, 1.165) is 4.88 Å². The first-order valence-electron chi connectivity index (χ1n) is 5.03. The van der Waals surface area contributed by atoms with Crippen molar-refractivity contribution in [3.05, 3.63) is 11.1 Å². The molecule has 1 saturated heterocycles. The Bertz CT molecular complexity index is 385. The number of ether oxygens (including phenoxy) is 2. The second kappa shape index (κ2) is 4.48. The van der Waals surface area contributed by atoms with Gasteiger partial charge < -0.3 is 9.47 Å². The zero-order valence-corrected chi connectivity index (χ0v) is 10.1. The number of aromatic nitrogens is 1. The van der Waals surface area contributed by atoms with E-state index in [0.29, 0.717) is 24.8 Å². The first kappa shape index (κ1) is 11.5. The van der Waals surface area contributed by atoms with Crippen molar-refractivity contribution in [3.63, 3.8) is 0 Å². The number of aryl methyl sites for hydroxylation is 1. The zero-order valence-electron chi connectivity index (χ0n) is 9.28. The summed E-state index contributed by atoms with van der Waals surface area (Å²) in [5, 5.41) is 3.36. The summed E-state index contributed by atoms with van der Waals surface area (Å²) in [6.45, 7) is 2.80. The number of nitrogens with one attached hydrogen (secondary N) is 1. The molecule has 0 radical (unpaired) electrons. The fourth-order valence-electron chi connectivity index (χ4n) is 1.60. The highest BCUT2D eigenvalue weighted by molar-refractivity contribution is 7.15. The summed E-state index contributed by atoms with van der Waals surface area (Å²) in [7, 11) is 1.53. The number of thiazole rings is 1. The maximum Gasteiger partial charge on any atom is 0.260 e. The minimum atomic E-state index is -0.848. The monoisotopic (exact) mass is 242 g/mol. The Labute approximate surface area is 97.8 Å². The van der Waals surface area contributed by atoms with Gasteiger partial charge in [-0.25, -0.2) is 4.98 Å². The smallest absolute Gasteiger partial charge is 0.260 e. The molecule has 1 aliphatic rings. The van der Waals surface area contributed by atoms with Gasteiger partial charge >= 0.3 is 0 Å². The number of carbonyl (C=O) groups excluding carboxylic acids is 1. The Kier molecular flexibility index (Phi) is 3.22. The van der Waals surface area contributed by atoms with Crippen molar-refractivity contribution in [2.45, 2.75) is 18.9 Å². The lowest BCUT2D eigenvalue weighted by Gasteiger charge is -2.23. The van der Waals surface area contributed by atoms with Crippen LogP contribution in [0.4, 0.5) is 5.13 Å². The largest absolute Gasteiger partial charge is 0.378 e.